The van der Waals surface area contributed by atoms with Crippen molar-refractivity contribution in [1.29, 1.82) is 0 Å². The maximum Gasteiger partial charge on any atom is 0.162 e. The van der Waals surface area contributed by atoms with Crippen LogP contribution in [0.2, 0.25) is 0 Å². The summed E-state index contributed by atoms with van der Waals surface area (Å²) < 4.78 is 1.03. The van der Waals surface area contributed by atoms with Gasteiger partial charge in [0.2, 0.25) is 0 Å². The third-order valence-corrected chi connectivity index (χ3v) is 6.78. The first-order valence-corrected chi connectivity index (χ1v) is 13.2. The Bertz CT molecular complexity index is 1310. The summed E-state index contributed by atoms with van der Waals surface area (Å²) >= 11 is 1.66. The zero-order valence-electron chi connectivity index (χ0n) is 21.2. The van der Waals surface area contributed by atoms with Gasteiger partial charge in [-0.2, -0.15) is 0 Å². The Morgan fingerprint density at radius 2 is 1.92 bits per heavy atom. The molecule has 0 spiro atoms. The highest BCUT2D eigenvalue weighted by molar-refractivity contribution is 7.18. The van der Waals surface area contributed by atoms with E-state index in [0.717, 1.165) is 46.7 Å². The van der Waals surface area contributed by atoms with Crippen molar-refractivity contribution in [2.24, 2.45) is 5.73 Å². The number of allylic oxidation sites excluding steroid dienone is 2. The van der Waals surface area contributed by atoms with Gasteiger partial charge in [-0.15, -0.1) is 11.3 Å². The molecule has 1 aromatic carbocycles. The lowest BCUT2D eigenvalue weighted by Gasteiger charge is -2.20. The molecular formula is C29H34N6S. The normalized spacial score (nSPS) is 12.8. The van der Waals surface area contributed by atoms with E-state index in [9.17, 15) is 0 Å². The van der Waals surface area contributed by atoms with Crippen LogP contribution in [0.5, 0.6) is 0 Å². The van der Waals surface area contributed by atoms with Gasteiger partial charge >= 0.3 is 0 Å². The average molecular weight is 499 g/mol. The molecule has 0 saturated heterocycles. The fourth-order valence-corrected chi connectivity index (χ4v) is 5.12. The highest BCUT2D eigenvalue weighted by atomic mass is 32.1. The van der Waals surface area contributed by atoms with Crippen molar-refractivity contribution >= 4 is 33.1 Å². The van der Waals surface area contributed by atoms with Gasteiger partial charge in [0.05, 0.1) is 10.4 Å². The number of anilines is 2. The summed E-state index contributed by atoms with van der Waals surface area (Å²) in [4.78, 5) is 16.4. The molecule has 0 aliphatic carbocycles. The lowest BCUT2D eigenvalue weighted by atomic mass is 10.1. The van der Waals surface area contributed by atoms with Gasteiger partial charge in [-0.25, -0.2) is 9.97 Å². The highest BCUT2D eigenvalue weighted by Gasteiger charge is 2.18. The summed E-state index contributed by atoms with van der Waals surface area (Å²) in [5.41, 5.74) is 12.0. The van der Waals surface area contributed by atoms with Crippen molar-refractivity contribution in [2.45, 2.75) is 39.7 Å². The SMILES string of the molecule is CC=CN(CC(C)=CCC)c1csc2c(NCC(N)Cc3ccccc3)nc(-c3ccncc3)nc12. The van der Waals surface area contributed by atoms with E-state index in [1.54, 1.807) is 23.7 Å². The van der Waals surface area contributed by atoms with Crippen LogP contribution in [-0.4, -0.2) is 34.1 Å². The van der Waals surface area contributed by atoms with Crippen molar-refractivity contribution < 1.29 is 0 Å². The predicted molar refractivity (Wildman–Crippen MR) is 153 cm³/mol. The number of pyridine rings is 1. The molecular weight excluding hydrogens is 464 g/mol. The lowest BCUT2D eigenvalue weighted by Crippen LogP contribution is -2.31. The van der Waals surface area contributed by atoms with E-state index in [1.807, 2.05) is 37.3 Å². The number of nitrogens with two attached hydrogens (primary N) is 1. The maximum absolute atomic E-state index is 6.49. The van der Waals surface area contributed by atoms with Gasteiger partial charge in [0.25, 0.3) is 0 Å². The molecule has 7 heteroatoms. The number of rotatable bonds is 11. The average Bonchev–Trinajstić information content (AvgIpc) is 3.32. The molecule has 0 bridgehead atoms. The van der Waals surface area contributed by atoms with Crippen LogP contribution >= 0.6 is 11.3 Å². The summed E-state index contributed by atoms with van der Waals surface area (Å²) in [6, 6.07) is 14.2. The van der Waals surface area contributed by atoms with Gasteiger partial charge in [0.1, 0.15) is 11.3 Å². The number of fused-ring (bicyclic) bond motifs is 1. The Morgan fingerprint density at radius 3 is 2.64 bits per heavy atom. The second-order valence-corrected chi connectivity index (χ2v) is 9.71. The second kappa shape index (κ2) is 12.4. The van der Waals surface area contributed by atoms with Gasteiger partial charge in [-0.05, 0) is 44.4 Å². The summed E-state index contributed by atoms with van der Waals surface area (Å²) in [6.45, 7) is 7.80. The topological polar surface area (TPSA) is 80.0 Å². The highest BCUT2D eigenvalue weighted by Crippen LogP contribution is 2.37. The van der Waals surface area contributed by atoms with Gasteiger partial charge in [0.15, 0.2) is 5.82 Å². The molecule has 4 rings (SSSR count). The third kappa shape index (κ3) is 6.36. The zero-order chi connectivity index (χ0) is 25.3. The molecule has 0 saturated carbocycles. The van der Waals surface area contributed by atoms with Crippen molar-refractivity contribution in [3.8, 4) is 11.4 Å². The van der Waals surface area contributed by atoms with E-state index < -0.39 is 0 Å². The smallest absolute Gasteiger partial charge is 0.162 e. The Hall–Kier alpha value is -3.55. The van der Waals surface area contributed by atoms with Crippen molar-refractivity contribution in [3.63, 3.8) is 0 Å². The summed E-state index contributed by atoms with van der Waals surface area (Å²) in [5.74, 6) is 1.48. The molecule has 186 valence electrons. The van der Waals surface area contributed by atoms with E-state index in [1.165, 1.54) is 11.1 Å². The molecule has 0 radical (unpaired) electrons. The Balaban J connectivity index is 1.70. The largest absolute Gasteiger partial charge is 0.367 e. The van der Waals surface area contributed by atoms with Crippen molar-refractivity contribution in [1.82, 2.24) is 15.0 Å². The van der Waals surface area contributed by atoms with Crippen LogP contribution in [0.1, 0.15) is 32.8 Å². The Morgan fingerprint density at radius 1 is 1.14 bits per heavy atom. The maximum atomic E-state index is 6.49. The molecule has 3 aromatic heterocycles. The molecule has 0 aliphatic heterocycles. The quantitative estimate of drug-likeness (QED) is 0.232. The summed E-state index contributed by atoms with van der Waals surface area (Å²) in [5, 5.41) is 5.70. The molecule has 1 unspecified atom stereocenters. The van der Waals surface area contributed by atoms with Crippen molar-refractivity contribution in [2.75, 3.05) is 23.3 Å². The Labute approximate surface area is 217 Å². The molecule has 0 fully saturated rings. The Kier molecular flexibility index (Phi) is 8.81. The number of nitrogens with one attached hydrogen (secondary N) is 1. The molecule has 1 atom stereocenters. The monoisotopic (exact) mass is 498 g/mol. The van der Waals surface area contributed by atoms with Gasteiger partial charge in [-0.1, -0.05) is 55.0 Å². The minimum absolute atomic E-state index is 0.0393. The molecule has 0 amide bonds. The van der Waals surface area contributed by atoms with E-state index in [4.69, 9.17) is 15.7 Å². The first-order valence-electron chi connectivity index (χ1n) is 12.4. The molecule has 0 aliphatic rings. The van der Waals surface area contributed by atoms with E-state index in [2.05, 4.69) is 64.9 Å². The summed E-state index contributed by atoms with van der Waals surface area (Å²) in [6.07, 6.45) is 11.8. The number of hydrogen-bond donors (Lipinski definition) is 2. The summed E-state index contributed by atoms with van der Waals surface area (Å²) in [7, 11) is 0. The van der Waals surface area contributed by atoms with Crippen LogP contribution in [0.4, 0.5) is 11.5 Å². The van der Waals surface area contributed by atoms with E-state index >= 15 is 0 Å². The van der Waals surface area contributed by atoms with Crippen LogP contribution < -0.4 is 16.0 Å². The van der Waals surface area contributed by atoms with Gasteiger partial charge in [0, 0.05) is 48.7 Å². The zero-order valence-corrected chi connectivity index (χ0v) is 22.0. The van der Waals surface area contributed by atoms with Crippen LogP contribution in [0.25, 0.3) is 21.6 Å². The standard InChI is InChI=1S/C29H34N6S/c1-4-9-21(3)19-35(16-5-2)25-20-36-27-26(25)33-28(23-12-14-31-15-13-23)34-29(27)32-18-24(30)17-22-10-7-6-8-11-22/h5-16,20,24H,4,17-19,30H2,1-3H3,(H,32,33,34). The molecule has 36 heavy (non-hydrogen) atoms. The fraction of sp³-hybridized carbons (Fsp3) is 0.276. The van der Waals surface area contributed by atoms with Gasteiger partial charge in [-0.3, -0.25) is 4.98 Å². The number of benzene rings is 1. The number of aromatic nitrogens is 3. The minimum Gasteiger partial charge on any atom is -0.367 e. The minimum atomic E-state index is -0.0393. The number of thiophene rings is 1. The number of nitrogens with zero attached hydrogens (tertiary/aromatic N) is 4. The van der Waals surface area contributed by atoms with Gasteiger partial charge < -0.3 is 16.0 Å². The van der Waals surface area contributed by atoms with Crippen molar-refractivity contribution in [3.05, 3.63) is 89.7 Å². The van der Waals surface area contributed by atoms with Crippen LogP contribution in [0.3, 0.4) is 0 Å². The molecule has 4 aromatic rings. The first kappa shape index (κ1) is 25.5. The second-order valence-electron chi connectivity index (χ2n) is 8.83. The number of hydrogen-bond acceptors (Lipinski definition) is 7. The van der Waals surface area contributed by atoms with E-state index in [-0.39, 0.29) is 6.04 Å². The first-order chi connectivity index (χ1) is 17.6. The third-order valence-electron chi connectivity index (χ3n) is 5.82. The predicted octanol–water partition coefficient (Wildman–Crippen LogP) is 6.43. The molecule has 3 heterocycles. The molecule has 3 N–H and O–H groups in total. The molecule has 6 nitrogen and oxygen atoms in total. The fourth-order valence-electron chi connectivity index (χ4n) is 4.16. The van der Waals surface area contributed by atoms with Crippen LogP contribution in [-0.2, 0) is 6.42 Å². The van der Waals surface area contributed by atoms with E-state index in [0.29, 0.717) is 12.4 Å². The van der Waals surface area contributed by atoms with Crippen LogP contribution in [0, 0.1) is 0 Å². The lowest BCUT2D eigenvalue weighted by molar-refractivity contribution is 0.698. The van der Waals surface area contributed by atoms with Crippen LogP contribution in [0.15, 0.2) is 84.2 Å².